The Labute approximate surface area is 874 Å². The molecule has 2 aromatic carbocycles. The molecule has 2 saturated heterocycles. The molecule has 5 rings (SSSR count). The van der Waals surface area contributed by atoms with E-state index in [1.54, 1.807) is 154 Å². The number of esters is 2. The number of amides is 12. The summed E-state index contributed by atoms with van der Waals surface area (Å²) < 4.78 is 41.3. The number of nitrogens with one attached hydrogen (secondary N) is 12. The van der Waals surface area contributed by atoms with Crippen LogP contribution in [0, 0.1) is 17.3 Å². The lowest BCUT2D eigenvalue weighted by Gasteiger charge is -2.33. The van der Waals surface area contributed by atoms with Gasteiger partial charge in [0, 0.05) is 37.5 Å². The van der Waals surface area contributed by atoms with Crippen molar-refractivity contribution in [3.63, 3.8) is 0 Å². The molecule has 39 heteroatoms. The van der Waals surface area contributed by atoms with Gasteiger partial charge in [-0.25, -0.2) is 4.79 Å². The molecule has 12 amide bonds. The Morgan fingerprint density at radius 1 is 0.445 bits per heavy atom. The van der Waals surface area contributed by atoms with Crippen molar-refractivity contribution in [2.24, 2.45) is 17.3 Å². The molecule has 1 aliphatic carbocycles. The lowest BCUT2D eigenvalue weighted by atomic mass is 9.74. The molecule has 3 aliphatic rings. The predicted octanol–water partition coefficient (Wildman–Crippen LogP) is 8.61. The van der Waals surface area contributed by atoms with E-state index in [2.05, 4.69) is 63.8 Å². The minimum Gasteiger partial charge on any atom is -0.488 e. The van der Waals surface area contributed by atoms with Crippen LogP contribution in [0.1, 0.15) is 282 Å². The van der Waals surface area contributed by atoms with E-state index in [9.17, 15) is 52.7 Å². The third kappa shape index (κ3) is 44.9. The molecule has 2 heterocycles. The Kier molecular flexibility index (Phi) is 49.2. The van der Waals surface area contributed by atoms with Gasteiger partial charge in [0.2, 0.25) is 70.9 Å². The summed E-state index contributed by atoms with van der Waals surface area (Å²) in [7, 11) is 1.19. The van der Waals surface area contributed by atoms with Crippen LogP contribution in [0.3, 0.4) is 0 Å². The molecule has 37 nitrogen and oxygen atoms in total. The van der Waals surface area contributed by atoms with Crippen LogP contribution in [0.4, 0.5) is 0 Å². The van der Waals surface area contributed by atoms with Gasteiger partial charge in [-0.2, -0.15) is 23.5 Å². The maximum atomic E-state index is 15.5. The number of ether oxygens (including phenoxy) is 7. The largest absolute Gasteiger partial charge is 0.488 e. The highest BCUT2D eigenvalue weighted by atomic mass is 32.2. The van der Waals surface area contributed by atoms with Gasteiger partial charge >= 0.3 is 11.9 Å². The number of unbranched alkanes of at least 4 members (excludes halogenated alkanes) is 1. The van der Waals surface area contributed by atoms with Gasteiger partial charge in [-0.05, 0) is 326 Å². The Morgan fingerprint density at radius 2 is 0.842 bits per heavy atom. The maximum absolute atomic E-state index is 15.5. The van der Waals surface area contributed by atoms with Gasteiger partial charge in [0.15, 0.2) is 5.78 Å². The fourth-order valence-corrected chi connectivity index (χ4v) is 17.2. The molecule has 0 spiro atoms. The van der Waals surface area contributed by atoms with Crippen molar-refractivity contribution in [3.8, 4) is 11.5 Å². The van der Waals surface area contributed by atoms with Crippen LogP contribution >= 0.6 is 23.5 Å². The Bertz CT molecular complexity index is 4750. The molecule has 0 bridgehead atoms. The van der Waals surface area contributed by atoms with E-state index in [1.165, 1.54) is 47.4 Å². The summed E-state index contributed by atoms with van der Waals surface area (Å²) in [5.74, 6) is -10.2. The van der Waals surface area contributed by atoms with Gasteiger partial charge in [-0.3, -0.25) is 71.9 Å². The highest BCUT2D eigenvalue weighted by molar-refractivity contribution is 7.98. The summed E-state index contributed by atoms with van der Waals surface area (Å²) in [5, 5.41) is 34.7. The molecule has 822 valence electrons. The molecule has 0 saturated carbocycles. The molecule has 2 aliphatic heterocycles. The smallest absolute Gasteiger partial charge is 0.328 e. The first-order chi connectivity index (χ1) is 67.5. The van der Waals surface area contributed by atoms with Gasteiger partial charge in [-0.1, -0.05) is 52.0 Å². The van der Waals surface area contributed by atoms with Crippen molar-refractivity contribution in [2.75, 3.05) is 70.6 Å². The third-order valence-corrected chi connectivity index (χ3v) is 25.2. The molecule has 146 heavy (non-hydrogen) atoms. The van der Waals surface area contributed by atoms with E-state index in [0.29, 0.717) is 60.8 Å². The number of ketones is 2. The van der Waals surface area contributed by atoms with Crippen molar-refractivity contribution in [2.45, 2.75) is 407 Å². The molecule has 1 unspecified atom stereocenters. The monoisotopic (exact) mass is 2090 g/mol. The van der Waals surface area contributed by atoms with Gasteiger partial charge in [0.05, 0.1) is 61.6 Å². The summed E-state index contributed by atoms with van der Waals surface area (Å²) in [4.78, 5) is 235. The van der Waals surface area contributed by atoms with E-state index in [4.69, 9.17) is 33.2 Å². The molecule has 0 radical (unpaired) electrons. The van der Waals surface area contributed by atoms with E-state index in [1.807, 2.05) is 100 Å². The predicted molar refractivity (Wildman–Crippen MR) is 564 cm³/mol. The van der Waals surface area contributed by atoms with Crippen LogP contribution in [0.25, 0.3) is 0 Å². The molecule has 14 atom stereocenters. The molecule has 2 fully saturated rings. The first-order valence-corrected chi connectivity index (χ1v) is 54.0. The minimum atomic E-state index is -1.82. The number of thioether (sulfide) groups is 2. The zero-order chi connectivity index (χ0) is 110. The van der Waals surface area contributed by atoms with Crippen LogP contribution in [0.5, 0.6) is 11.5 Å². The molecule has 0 aromatic heterocycles. The quantitative estimate of drug-likeness (QED) is 0.0167. The first-order valence-electron chi connectivity index (χ1n) is 51.2. The highest BCUT2D eigenvalue weighted by Gasteiger charge is 2.46. The number of hydrogen-bond acceptors (Lipinski definition) is 27. The van der Waals surface area contributed by atoms with Crippen LogP contribution < -0.4 is 73.3 Å². The molecule has 12 N–H and O–H groups in total. The summed E-state index contributed by atoms with van der Waals surface area (Å²) in [5.41, 5.74) is -4.30. The van der Waals surface area contributed by atoms with E-state index < -0.39 is 225 Å². The number of nitrogens with zero attached hydrogens (tertiary/aromatic N) is 2. The number of allylic oxidation sites excluding steroid dienone is 1. The number of benzene rings is 2. The number of Topliss-reactive ketones (excluding diaryl/α,β-unsaturated/α-hetero) is 1. The summed E-state index contributed by atoms with van der Waals surface area (Å²) >= 11 is 2.77. The number of rotatable bonds is 54. The maximum Gasteiger partial charge on any atom is 0.328 e. The van der Waals surface area contributed by atoms with Crippen molar-refractivity contribution in [1.29, 1.82) is 0 Å². The zero-order valence-corrected chi connectivity index (χ0v) is 94.2. The Balaban J connectivity index is 1.39. The Morgan fingerprint density at radius 3 is 1.26 bits per heavy atom. The van der Waals surface area contributed by atoms with Crippen LogP contribution in [-0.2, 0) is 113 Å². The number of hydrogen-bond donors (Lipinski definition) is 12. The SMILES string of the molecule is COC(=O)[C@@H](CCCCNC(CC(C)C)C1=CC(=O)C(C)(C)C(=O)C1)NC(=O)[C@H](COC(C)(C)C)NC(=O)[C@H](CCSC)NC(=O)[C@H](CCSC)NC(=O)[C@@H]1CCCN1C(=O)[C@@H](NC(=O)[C@H](COC(C)(C)C)NC(=O)[C@H](CC(=O)OC(C)(C)C)NC(=O)[C@@H]1CCCN1C(=O)[C@H](Cc1ccc(OC(C)(C)C)cc1)NC(=O)[C@H](C)NC(=O)[C@H](COC(C)(C)C)NC(=O)[C@H](Cc1ccc(OC(C)(C)C)cc1)NC(C)(C)C)C(C)C. The topological polar surface area (TPSA) is 489 Å². The van der Waals surface area contributed by atoms with Crippen LogP contribution in [-0.4, -0.2) is 299 Å². The lowest BCUT2D eigenvalue weighted by Crippen LogP contribution is -2.62. The van der Waals surface area contributed by atoms with E-state index in [0.717, 1.165) is 11.1 Å². The number of likely N-dealkylation sites (tertiary alicyclic amines) is 2. The minimum absolute atomic E-state index is 0.0253. The van der Waals surface area contributed by atoms with Gasteiger partial charge < -0.3 is 107 Å². The fourth-order valence-electron chi connectivity index (χ4n) is 16.3. The second-order valence-corrected chi connectivity index (χ2v) is 48.5. The summed E-state index contributed by atoms with van der Waals surface area (Å²) in [6.45, 7) is 49.1. The summed E-state index contributed by atoms with van der Waals surface area (Å²) in [6, 6.07) is -3.56. The zero-order valence-electron chi connectivity index (χ0n) is 92.6. The normalized spacial score (nSPS) is 17.8. The van der Waals surface area contributed by atoms with Crippen molar-refractivity contribution < 1.29 is 110 Å². The van der Waals surface area contributed by atoms with Crippen LogP contribution in [0.15, 0.2) is 60.2 Å². The van der Waals surface area contributed by atoms with Crippen molar-refractivity contribution in [1.82, 2.24) is 73.6 Å². The molecular formula is C107H174N14O23S2. The van der Waals surface area contributed by atoms with E-state index >= 15 is 24.0 Å². The molecule has 2 aromatic rings. The summed E-state index contributed by atoms with van der Waals surface area (Å²) in [6.07, 6.45) is 7.19. The number of carbonyl (C=O) groups is 16. The fraction of sp³-hybridized carbons (Fsp3) is 0.720. The first kappa shape index (κ1) is 127. The van der Waals surface area contributed by atoms with Gasteiger partial charge in [0.25, 0.3) is 0 Å². The average molecular weight is 2090 g/mol. The average Bonchev–Trinajstić information content (AvgIpc) is 1.02. The highest BCUT2D eigenvalue weighted by Crippen LogP contribution is 2.33. The van der Waals surface area contributed by atoms with Crippen molar-refractivity contribution >= 4 is 118 Å². The second-order valence-electron chi connectivity index (χ2n) is 46.5. The standard InChI is InChI=1S/C107H174N14O23S2/c1-63(2)54-74(68-57-83(122)107(27,28)84(123)58-68)108-49-33-32-36-73(99(137)138-29)112-93(131)79(61-140-102(12,13)14)115-89(127)71(47-52-145-30)110-88(126)72(48-53-146-31)111-95(133)82-38-35-51-121(82)98(136)86(64(3)4)118-94(132)80(62-141-103(15,16)17)116-90(128)75(59-85(124)144-106(24,25)26)113-96(134)81-37-34-50-120(81)97(135)77(56-67-41-45-70(46-42-67)143-105(21,22)23)114-87(125)65(5)109-92(130)78(60-139-101(9,10)11)117-91(129)76(119-100(6,7)8)55-66-39-43-69(44-40-66)142-104(18,19)20/h39-46,57,63-65,71-82,86,108,119H,32-38,47-56,58-62H2,1-31H3,(H,109,130)(H,110,126)(H,111,133)(H,112,131)(H,113,134)(H,114,125)(H,115,127)(H,116,128)(H,117,129)(H,118,132)/t65-,71-,72-,73+,74?,75-,76-,77-,78-,79-,80-,81-,82-,86-/m0/s1. The van der Waals surface area contributed by atoms with E-state index in [-0.39, 0.29) is 108 Å². The molecular weight excluding hydrogens is 1910 g/mol. The van der Waals surface area contributed by atoms with Gasteiger partial charge in [0.1, 0.15) is 107 Å². The van der Waals surface area contributed by atoms with Crippen LogP contribution in [0.2, 0.25) is 0 Å². The lowest BCUT2D eigenvalue weighted by molar-refractivity contribution is -0.157. The van der Waals surface area contributed by atoms with Gasteiger partial charge in [-0.15, -0.1) is 0 Å². The number of carbonyl (C=O) groups excluding carboxylic acids is 16. The number of methoxy groups -OCH3 is 1. The second kappa shape index (κ2) is 56.7. The Hall–Kier alpha value is -9.80. The van der Waals surface area contributed by atoms with Crippen molar-refractivity contribution in [3.05, 3.63) is 71.3 Å². The third-order valence-electron chi connectivity index (χ3n) is 23.9.